The van der Waals surface area contributed by atoms with E-state index in [1.165, 1.54) is 0 Å². The van der Waals surface area contributed by atoms with E-state index in [1.807, 2.05) is 42.3 Å². The molecule has 0 aliphatic carbocycles. The van der Waals surface area contributed by atoms with Crippen molar-refractivity contribution in [3.63, 3.8) is 0 Å². The SMILES string of the molecule is CN(C(=S)S)c1ccccc1.N. The molecule has 0 aromatic heterocycles. The summed E-state index contributed by atoms with van der Waals surface area (Å²) >= 11 is 8.95. The molecule has 0 amide bonds. The highest BCUT2D eigenvalue weighted by Crippen LogP contribution is 2.12. The molecule has 0 saturated heterocycles. The van der Waals surface area contributed by atoms with Crippen LogP contribution in [0, 0.1) is 0 Å². The zero-order valence-corrected chi connectivity index (χ0v) is 8.61. The van der Waals surface area contributed by atoms with E-state index in [-0.39, 0.29) is 6.15 Å². The Bertz CT molecular complexity index is 248. The number of hydrogen-bond acceptors (Lipinski definition) is 2. The zero-order valence-electron chi connectivity index (χ0n) is 6.90. The average Bonchev–Trinajstić information content (AvgIpc) is 2.05. The molecule has 1 aromatic carbocycles. The van der Waals surface area contributed by atoms with Crippen molar-refractivity contribution in [1.29, 1.82) is 0 Å². The molecule has 2 nitrogen and oxygen atoms in total. The Hall–Kier alpha value is -0.580. The molecule has 0 atom stereocenters. The molecule has 0 radical (unpaired) electrons. The number of nitrogens with zero attached hydrogens (tertiary/aromatic N) is 1. The van der Waals surface area contributed by atoms with Gasteiger partial charge in [-0.1, -0.05) is 30.4 Å². The number of thiocarbonyl (C=S) groups is 1. The Kier molecular flexibility index (Phi) is 4.89. The van der Waals surface area contributed by atoms with Crippen LogP contribution in [0.15, 0.2) is 30.3 Å². The predicted molar refractivity (Wildman–Crippen MR) is 61.5 cm³/mol. The summed E-state index contributed by atoms with van der Waals surface area (Å²) in [6.07, 6.45) is 0. The third-order valence-electron chi connectivity index (χ3n) is 1.43. The molecule has 0 saturated carbocycles. The first-order chi connectivity index (χ1) is 5.22. The van der Waals surface area contributed by atoms with Crippen molar-refractivity contribution in [3.05, 3.63) is 30.3 Å². The largest absolute Gasteiger partial charge is 0.344 e. The van der Waals surface area contributed by atoms with Gasteiger partial charge in [-0.05, 0) is 12.1 Å². The molecule has 66 valence electrons. The average molecular weight is 200 g/mol. The highest BCUT2D eigenvalue weighted by molar-refractivity contribution is 8.11. The van der Waals surface area contributed by atoms with Crippen LogP contribution in [-0.2, 0) is 0 Å². The van der Waals surface area contributed by atoms with Gasteiger partial charge in [-0.15, -0.1) is 12.6 Å². The molecular formula is C8H12N2S2. The van der Waals surface area contributed by atoms with Gasteiger partial charge in [0, 0.05) is 12.7 Å². The predicted octanol–water partition coefficient (Wildman–Crippen LogP) is 2.50. The van der Waals surface area contributed by atoms with Crippen molar-refractivity contribution in [3.8, 4) is 0 Å². The van der Waals surface area contributed by atoms with Crippen LogP contribution < -0.4 is 11.1 Å². The van der Waals surface area contributed by atoms with E-state index in [9.17, 15) is 0 Å². The number of hydrogen-bond donors (Lipinski definition) is 2. The monoisotopic (exact) mass is 200 g/mol. The van der Waals surface area contributed by atoms with Crippen molar-refractivity contribution >= 4 is 34.9 Å². The first kappa shape index (κ1) is 11.4. The Morgan fingerprint density at radius 1 is 1.33 bits per heavy atom. The maximum Gasteiger partial charge on any atom is 0.137 e. The minimum Gasteiger partial charge on any atom is -0.344 e. The van der Waals surface area contributed by atoms with Crippen molar-refractivity contribution < 1.29 is 0 Å². The molecule has 0 bridgehead atoms. The summed E-state index contributed by atoms with van der Waals surface area (Å²) in [6.45, 7) is 0. The van der Waals surface area contributed by atoms with E-state index in [0.29, 0.717) is 4.32 Å². The minimum atomic E-state index is 0. The van der Waals surface area contributed by atoms with Crippen LogP contribution in [0.3, 0.4) is 0 Å². The number of para-hydroxylation sites is 1. The van der Waals surface area contributed by atoms with Crippen LogP contribution in [-0.4, -0.2) is 11.4 Å². The third-order valence-corrected chi connectivity index (χ3v) is 2.00. The van der Waals surface area contributed by atoms with Gasteiger partial charge in [0.25, 0.3) is 0 Å². The summed E-state index contributed by atoms with van der Waals surface area (Å²) in [5, 5.41) is 0. The van der Waals surface area contributed by atoms with E-state index in [4.69, 9.17) is 12.2 Å². The maximum absolute atomic E-state index is 4.89. The number of thiol groups is 1. The second-order valence-corrected chi connectivity index (χ2v) is 3.29. The Morgan fingerprint density at radius 2 is 1.83 bits per heavy atom. The van der Waals surface area contributed by atoms with Gasteiger partial charge in [0.15, 0.2) is 0 Å². The fourth-order valence-electron chi connectivity index (χ4n) is 0.762. The van der Waals surface area contributed by atoms with E-state index in [0.717, 1.165) is 5.69 Å². The van der Waals surface area contributed by atoms with Gasteiger partial charge in [-0.2, -0.15) is 0 Å². The molecule has 0 unspecified atom stereocenters. The smallest absolute Gasteiger partial charge is 0.137 e. The number of rotatable bonds is 1. The normalized spacial score (nSPS) is 8.50. The Balaban J connectivity index is 0.00000121. The minimum absolute atomic E-state index is 0. The standard InChI is InChI=1S/C8H9NS2.H3N/c1-9(8(10)11)7-5-3-2-4-6-7;/h2-6H,1H3,(H,10,11);1H3. The van der Waals surface area contributed by atoms with Crippen molar-refractivity contribution in [2.75, 3.05) is 11.9 Å². The molecule has 1 rings (SSSR count). The van der Waals surface area contributed by atoms with Crippen molar-refractivity contribution in [2.24, 2.45) is 0 Å². The lowest BCUT2D eigenvalue weighted by molar-refractivity contribution is 1.31. The first-order valence-electron chi connectivity index (χ1n) is 3.23. The number of anilines is 1. The molecule has 0 spiro atoms. The second kappa shape index (κ2) is 5.13. The van der Waals surface area contributed by atoms with Crippen LogP contribution in [0.25, 0.3) is 0 Å². The summed E-state index contributed by atoms with van der Waals surface area (Å²) < 4.78 is 0.580. The van der Waals surface area contributed by atoms with Crippen LogP contribution in [0.1, 0.15) is 0 Å². The van der Waals surface area contributed by atoms with E-state index in [2.05, 4.69) is 12.6 Å². The lowest BCUT2D eigenvalue weighted by atomic mass is 10.3. The van der Waals surface area contributed by atoms with Gasteiger partial charge in [0.2, 0.25) is 0 Å². The van der Waals surface area contributed by atoms with Gasteiger partial charge < -0.3 is 11.1 Å². The fraction of sp³-hybridized carbons (Fsp3) is 0.125. The lowest BCUT2D eigenvalue weighted by Gasteiger charge is -2.15. The summed E-state index contributed by atoms with van der Waals surface area (Å²) in [7, 11) is 1.89. The second-order valence-electron chi connectivity index (χ2n) is 2.18. The fourth-order valence-corrected chi connectivity index (χ4v) is 0.983. The third kappa shape index (κ3) is 2.81. The Labute approximate surface area is 83.6 Å². The molecule has 4 heteroatoms. The van der Waals surface area contributed by atoms with E-state index >= 15 is 0 Å². The number of benzene rings is 1. The van der Waals surface area contributed by atoms with Crippen LogP contribution in [0.2, 0.25) is 0 Å². The van der Waals surface area contributed by atoms with Gasteiger partial charge in [0.1, 0.15) is 4.32 Å². The first-order valence-corrected chi connectivity index (χ1v) is 4.09. The highest BCUT2D eigenvalue weighted by atomic mass is 32.1. The summed E-state index contributed by atoms with van der Waals surface area (Å²) in [6, 6.07) is 9.89. The van der Waals surface area contributed by atoms with Gasteiger partial charge >= 0.3 is 0 Å². The summed E-state index contributed by atoms with van der Waals surface area (Å²) in [5.74, 6) is 0. The summed E-state index contributed by atoms with van der Waals surface area (Å²) in [5.41, 5.74) is 1.06. The molecule has 0 fully saturated rings. The quantitative estimate of drug-likeness (QED) is 0.540. The van der Waals surface area contributed by atoms with Crippen LogP contribution in [0.4, 0.5) is 5.69 Å². The zero-order chi connectivity index (χ0) is 8.27. The Morgan fingerprint density at radius 3 is 2.25 bits per heavy atom. The van der Waals surface area contributed by atoms with Gasteiger partial charge in [0.05, 0.1) is 0 Å². The van der Waals surface area contributed by atoms with Gasteiger partial charge in [-0.25, -0.2) is 0 Å². The van der Waals surface area contributed by atoms with Crippen LogP contribution >= 0.6 is 24.8 Å². The molecule has 0 heterocycles. The van der Waals surface area contributed by atoms with Crippen molar-refractivity contribution in [2.45, 2.75) is 0 Å². The molecular weight excluding hydrogens is 188 g/mol. The molecule has 0 aliphatic rings. The molecule has 3 N–H and O–H groups in total. The van der Waals surface area contributed by atoms with E-state index in [1.54, 1.807) is 0 Å². The van der Waals surface area contributed by atoms with Gasteiger partial charge in [-0.3, -0.25) is 0 Å². The lowest BCUT2D eigenvalue weighted by Crippen LogP contribution is -2.18. The highest BCUT2D eigenvalue weighted by Gasteiger charge is 1.99. The maximum atomic E-state index is 4.89. The molecule has 12 heavy (non-hydrogen) atoms. The molecule has 1 aromatic rings. The topological polar surface area (TPSA) is 38.2 Å². The molecule has 0 aliphatic heterocycles. The van der Waals surface area contributed by atoms with Crippen molar-refractivity contribution in [1.82, 2.24) is 6.15 Å². The van der Waals surface area contributed by atoms with E-state index < -0.39 is 0 Å². The summed E-state index contributed by atoms with van der Waals surface area (Å²) in [4.78, 5) is 1.85. The van der Waals surface area contributed by atoms with Crippen LogP contribution in [0.5, 0.6) is 0 Å².